The van der Waals surface area contributed by atoms with Crippen LogP contribution in [0.1, 0.15) is 28.8 Å². The van der Waals surface area contributed by atoms with Crippen molar-refractivity contribution in [2.24, 2.45) is 0 Å². The molecule has 1 fully saturated rings. The average Bonchev–Trinajstić information content (AvgIpc) is 2.89. The molecule has 2 heterocycles. The molecule has 2 aromatic rings. The molecule has 122 valence electrons. The van der Waals surface area contributed by atoms with Crippen molar-refractivity contribution in [1.82, 2.24) is 9.88 Å². The summed E-state index contributed by atoms with van der Waals surface area (Å²) in [4.78, 5) is 40.8. The van der Waals surface area contributed by atoms with E-state index in [1.165, 1.54) is 4.90 Å². The second-order valence-corrected chi connectivity index (χ2v) is 6.30. The highest BCUT2D eigenvalue weighted by molar-refractivity contribution is 9.10. The van der Waals surface area contributed by atoms with Crippen LogP contribution in [-0.2, 0) is 16.1 Å². The lowest BCUT2D eigenvalue weighted by Gasteiger charge is -2.13. The zero-order valence-corrected chi connectivity index (χ0v) is 14.2. The Hall–Kier alpha value is -2.54. The van der Waals surface area contributed by atoms with E-state index in [0.29, 0.717) is 11.4 Å². The molecule has 0 atom stereocenters. The monoisotopic (exact) mass is 387 g/mol. The van der Waals surface area contributed by atoms with E-state index in [4.69, 9.17) is 0 Å². The lowest BCUT2D eigenvalue weighted by Crippen LogP contribution is -2.28. The summed E-state index contributed by atoms with van der Waals surface area (Å²) in [6.07, 6.45) is 2.15. The number of nitrogens with zero attached hydrogens (tertiary/aromatic N) is 2. The summed E-state index contributed by atoms with van der Waals surface area (Å²) >= 11 is 3.28. The van der Waals surface area contributed by atoms with Crippen LogP contribution in [0.2, 0.25) is 0 Å². The number of benzene rings is 1. The van der Waals surface area contributed by atoms with Gasteiger partial charge in [-0.3, -0.25) is 19.3 Å². The molecule has 1 saturated heterocycles. The number of carbonyl (C=O) groups is 3. The molecule has 0 unspecified atom stereocenters. The highest BCUT2D eigenvalue weighted by Crippen LogP contribution is 2.17. The number of halogens is 1. The van der Waals surface area contributed by atoms with Crippen molar-refractivity contribution in [1.29, 1.82) is 0 Å². The van der Waals surface area contributed by atoms with Gasteiger partial charge in [0, 0.05) is 29.1 Å². The van der Waals surface area contributed by atoms with E-state index >= 15 is 0 Å². The molecule has 0 saturated carbocycles. The quantitative estimate of drug-likeness (QED) is 0.817. The van der Waals surface area contributed by atoms with E-state index in [0.717, 1.165) is 10.0 Å². The van der Waals surface area contributed by atoms with Crippen molar-refractivity contribution in [3.63, 3.8) is 0 Å². The second-order valence-electron chi connectivity index (χ2n) is 5.39. The van der Waals surface area contributed by atoms with Gasteiger partial charge in [-0.2, -0.15) is 0 Å². The van der Waals surface area contributed by atoms with Crippen LogP contribution in [-0.4, -0.2) is 27.6 Å². The van der Waals surface area contributed by atoms with Crippen LogP contribution in [0.25, 0.3) is 0 Å². The largest absolute Gasteiger partial charge is 0.307 e. The van der Waals surface area contributed by atoms with Gasteiger partial charge < -0.3 is 5.32 Å². The molecule has 1 aromatic heterocycles. The van der Waals surface area contributed by atoms with Crippen molar-refractivity contribution in [2.75, 3.05) is 5.32 Å². The number of nitrogens with one attached hydrogen (secondary N) is 1. The Morgan fingerprint density at radius 2 is 1.75 bits per heavy atom. The first-order chi connectivity index (χ1) is 11.5. The van der Waals surface area contributed by atoms with Gasteiger partial charge in [0.25, 0.3) is 5.91 Å². The third-order valence-corrected chi connectivity index (χ3v) is 4.15. The summed E-state index contributed by atoms with van der Waals surface area (Å²) < 4.78 is 0.829. The van der Waals surface area contributed by atoms with Crippen molar-refractivity contribution >= 4 is 39.5 Å². The minimum atomic E-state index is -0.273. The van der Waals surface area contributed by atoms with Gasteiger partial charge in [0.15, 0.2) is 0 Å². The third-order valence-electron chi connectivity index (χ3n) is 3.68. The lowest BCUT2D eigenvalue weighted by atomic mass is 10.1. The van der Waals surface area contributed by atoms with Crippen molar-refractivity contribution in [3.8, 4) is 0 Å². The van der Waals surface area contributed by atoms with Gasteiger partial charge in [0.1, 0.15) is 5.82 Å². The van der Waals surface area contributed by atoms with Crippen LogP contribution in [0.15, 0.2) is 47.1 Å². The molecule has 0 aliphatic carbocycles. The van der Waals surface area contributed by atoms with Crippen molar-refractivity contribution < 1.29 is 14.4 Å². The van der Waals surface area contributed by atoms with Gasteiger partial charge >= 0.3 is 0 Å². The van der Waals surface area contributed by atoms with Gasteiger partial charge in [-0.1, -0.05) is 12.1 Å². The molecule has 0 bridgehead atoms. The maximum absolute atomic E-state index is 12.2. The summed E-state index contributed by atoms with van der Waals surface area (Å²) in [7, 11) is 0. The Balaban J connectivity index is 1.65. The minimum Gasteiger partial charge on any atom is -0.307 e. The molecule has 6 nitrogen and oxygen atoms in total. The summed E-state index contributed by atoms with van der Waals surface area (Å²) in [6, 6.07) is 10.3. The maximum atomic E-state index is 12.2. The summed E-state index contributed by atoms with van der Waals surface area (Å²) in [5.41, 5.74) is 1.28. The maximum Gasteiger partial charge on any atom is 0.256 e. The Morgan fingerprint density at radius 1 is 1.08 bits per heavy atom. The number of likely N-dealkylation sites (tertiary alicyclic amines) is 1. The Kier molecular flexibility index (Phi) is 4.71. The number of rotatable bonds is 4. The van der Waals surface area contributed by atoms with Gasteiger partial charge in [-0.15, -0.1) is 0 Å². The fraction of sp³-hybridized carbons (Fsp3) is 0.176. The van der Waals surface area contributed by atoms with Crippen molar-refractivity contribution in [2.45, 2.75) is 19.4 Å². The first-order valence-corrected chi connectivity index (χ1v) is 8.17. The van der Waals surface area contributed by atoms with Crippen LogP contribution < -0.4 is 5.32 Å². The normalized spacial score (nSPS) is 14.1. The number of amides is 3. The Labute approximate surface area is 147 Å². The number of pyridine rings is 1. The molecule has 24 heavy (non-hydrogen) atoms. The van der Waals surface area contributed by atoms with Gasteiger partial charge in [0.2, 0.25) is 11.8 Å². The second kappa shape index (κ2) is 6.92. The summed E-state index contributed by atoms with van der Waals surface area (Å²) in [5, 5.41) is 2.70. The van der Waals surface area contributed by atoms with Crippen molar-refractivity contribution in [3.05, 3.63) is 58.2 Å². The molecule has 1 N–H and O–H groups in total. The molecule has 1 aliphatic rings. The number of aromatic nitrogens is 1. The molecule has 3 rings (SSSR count). The standard InChI is InChI=1S/C17H14BrN3O3/c18-13-5-6-14(19-9-13)20-17(24)12-3-1-11(2-4-12)10-21-15(22)7-8-16(21)23/h1-6,9H,7-8,10H2,(H,19,20,24). The van der Waals surface area contributed by atoms with Gasteiger partial charge in [-0.05, 0) is 45.8 Å². The SMILES string of the molecule is O=C(Nc1ccc(Br)cn1)c1ccc(CN2C(=O)CCC2=O)cc1. The topological polar surface area (TPSA) is 79.4 Å². The van der Waals surface area contributed by atoms with E-state index < -0.39 is 0 Å². The predicted molar refractivity (Wildman–Crippen MR) is 91.1 cm³/mol. The number of hydrogen-bond donors (Lipinski definition) is 1. The average molecular weight is 388 g/mol. The fourth-order valence-corrected chi connectivity index (χ4v) is 2.62. The highest BCUT2D eigenvalue weighted by atomic mass is 79.9. The number of imide groups is 1. The highest BCUT2D eigenvalue weighted by Gasteiger charge is 2.28. The smallest absolute Gasteiger partial charge is 0.256 e. The van der Waals surface area contributed by atoms with Gasteiger partial charge in [0.05, 0.1) is 6.54 Å². The summed E-state index contributed by atoms with van der Waals surface area (Å²) in [5.74, 6) is -0.114. The number of anilines is 1. The van der Waals surface area contributed by atoms with Gasteiger partial charge in [-0.25, -0.2) is 4.98 Å². The molecule has 3 amide bonds. The fourth-order valence-electron chi connectivity index (χ4n) is 2.38. The Morgan fingerprint density at radius 3 is 2.33 bits per heavy atom. The van der Waals surface area contributed by atoms with E-state index in [1.54, 1.807) is 42.6 Å². The Bertz CT molecular complexity index is 772. The van der Waals surface area contributed by atoms with E-state index in [9.17, 15) is 14.4 Å². The van der Waals surface area contributed by atoms with Crippen LogP contribution in [0.4, 0.5) is 5.82 Å². The molecule has 1 aliphatic heterocycles. The van der Waals surface area contributed by atoms with E-state index in [1.807, 2.05) is 0 Å². The first-order valence-electron chi connectivity index (χ1n) is 7.38. The zero-order valence-electron chi connectivity index (χ0n) is 12.7. The molecule has 7 heteroatoms. The summed E-state index contributed by atoms with van der Waals surface area (Å²) in [6.45, 7) is 0.244. The molecule has 0 radical (unpaired) electrons. The van der Waals surface area contributed by atoms with Crippen LogP contribution in [0, 0.1) is 0 Å². The predicted octanol–water partition coefficient (Wildman–Crippen LogP) is 2.75. The van der Waals surface area contributed by atoms with E-state index in [-0.39, 0.29) is 37.1 Å². The molecule has 1 aromatic carbocycles. The number of carbonyl (C=O) groups excluding carboxylic acids is 3. The molecular weight excluding hydrogens is 374 g/mol. The van der Waals surface area contributed by atoms with Crippen LogP contribution >= 0.6 is 15.9 Å². The lowest BCUT2D eigenvalue weighted by molar-refractivity contribution is -0.139. The third kappa shape index (κ3) is 3.68. The van der Waals surface area contributed by atoms with E-state index in [2.05, 4.69) is 26.2 Å². The minimum absolute atomic E-state index is 0.150. The molecule has 0 spiro atoms. The first kappa shape index (κ1) is 16.3. The number of hydrogen-bond acceptors (Lipinski definition) is 4. The van der Waals surface area contributed by atoms with Crippen LogP contribution in [0.5, 0.6) is 0 Å². The van der Waals surface area contributed by atoms with Crippen LogP contribution in [0.3, 0.4) is 0 Å². The molecular formula is C17H14BrN3O3. The zero-order chi connectivity index (χ0) is 17.1.